The van der Waals surface area contributed by atoms with E-state index in [9.17, 15) is 0 Å². The number of ether oxygens (including phenoxy) is 2. The molecule has 13 heavy (non-hydrogen) atoms. The summed E-state index contributed by atoms with van der Waals surface area (Å²) >= 11 is 5.73. The quantitative estimate of drug-likeness (QED) is 0.697. The highest BCUT2D eigenvalue weighted by Crippen LogP contribution is 2.22. The third-order valence-electron chi connectivity index (χ3n) is 2.06. The molecule has 0 radical (unpaired) electrons. The van der Waals surface area contributed by atoms with Crippen LogP contribution in [0.3, 0.4) is 0 Å². The van der Waals surface area contributed by atoms with Gasteiger partial charge in [-0.25, -0.2) is 0 Å². The fourth-order valence-corrected chi connectivity index (χ4v) is 1.24. The SMILES string of the molecule is CC1OC1COc1ccc(Cl)cc1. The van der Waals surface area contributed by atoms with Gasteiger partial charge in [-0.3, -0.25) is 0 Å². The maximum Gasteiger partial charge on any atom is 0.119 e. The van der Waals surface area contributed by atoms with E-state index in [1.165, 1.54) is 0 Å². The Morgan fingerprint density at radius 2 is 2.00 bits per heavy atom. The van der Waals surface area contributed by atoms with Crippen molar-refractivity contribution in [3.8, 4) is 5.75 Å². The molecule has 2 unspecified atom stereocenters. The first-order valence-corrected chi connectivity index (χ1v) is 4.67. The van der Waals surface area contributed by atoms with Crippen LogP contribution in [0.5, 0.6) is 5.75 Å². The lowest BCUT2D eigenvalue weighted by Crippen LogP contribution is -2.05. The molecule has 2 rings (SSSR count). The molecule has 1 aromatic carbocycles. The Hall–Kier alpha value is -0.730. The first kappa shape index (κ1) is 8.85. The van der Waals surface area contributed by atoms with Crippen LogP contribution in [0, 0.1) is 0 Å². The molecule has 70 valence electrons. The van der Waals surface area contributed by atoms with Crippen LogP contribution in [-0.2, 0) is 4.74 Å². The van der Waals surface area contributed by atoms with Gasteiger partial charge in [0.1, 0.15) is 18.5 Å². The first-order chi connectivity index (χ1) is 6.25. The molecule has 3 heteroatoms. The second kappa shape index (κ2) is 3.56. The Labute approximate surface area is 82.4 Å². The van der Waals surface area contributed by atoms with Gasteiger partial charge in [0.05, 0.1) is 6.10 Å². The molecule has 0 aromatic heterocycles. The summed E-state index contributed by atoms with van der Waals surface area (Å²) in [6.45, 7) is 2.67. The molecular weight excluding hydrogens is 188 g/mol. The molecule has 0 N–H and O–H groups in total. The van der Waals surface area contributed by atoms with Crippen LogP contribution in [0.2, 0.25) is 5.02 Å². The van der Waals surface area contributed by atoms with Gasteiger partial charge < -0.3 is 9.47 Å². The van der Waals surface area contributed by atoms with Crippen LogP contribution in [0.15, 0.2) is 24.3 Å². The van der Waals surface area contributed by atoms with Gasteiger partial charge in [0.2, 0.25) is 0 Å². The minimum absolute atomic E-state index is 0.274. The predicted octanol–water partition coefficient (Wildman–Crippen LogP) is 2.51. The summed E-state index contributed by atoms with van der Waals surface area (Å²) in [5.41, 5.74) is 0. The van der Waals surface area contributed by atoms with E-state index in [1.807, 2.05) is 31.2 Å². The van der Waals surface area contributed by atoms with E-state index in [-0.39, 0.29) is 6.10 Å². The van der Waals surface area contributed by atoms with Crippen LogP contribution in [0.4, 0.5) is 0 Å². The molecule has 1 saturated heterocycles. The molecular formula is C10H11ClO2. The van der Waals surface area contributed by atoms with E-state index in [0.29, 0.717) is 12.7 Å². The monoisotopic (exact) mass is 198 g/mol. The molecule has 0 bridgehead atoms. The summed E-state index contributed by atoms with van der Waals surface area (Å²) in [6, 6.07) is 7.34. The summed E-state index contributed by atoms with van der Waals surface area (Å²) in [4.78, 5) is 0. The highest BCUT2D eigenvalue weighted by molar-refractivity contribution is 6.30. The van der Waals surface area contributed by atoms with Gasteiger partial charge in [-0.15, -0.1) is 0 Å². The summed E-state index contributed by atoms with van der Waals surface area (Å²) in [7, 11) is 0. The maximum absolute atomic E-state index is 5.73. The smallest absolute Gasteiger partial charge is 0.119 e. The van der Waals surface area contributed by atoms with E-state index >= 15 is 0 Å². The Kier molecular flexibility index (Phi) is 2.42. The highest BCUT2D eigenvalue weighted by atomic mass is 35.5. The minimum atomic E-state index is 0.274. The zero-order valence-corrected chi connectivity index (χ0v) is 8.12. The lowest BCUT2D eigenvalue weighted by atomic mass is 10.3. The Balaban J connectivity index is 1.84. The molecule has 0 amide bonds. The van der Waals surface area contributed by atoms with Gasteiger partial charge in [-0.1, -0.05) is 11.6 Å². The van der Waals surface area contributed by atoms with Crippen molar-refractivity contribution in [2.75, 3.05) is 6.61 Å². The largest absolute Gasteiger partial charge is 0.491 e. The van der Waals surface area contributed by atoms with E-state index in [4.69, 9.17) is 21.1 Å². The van der Waals surface area contributed by atoms with Crippen molar-refractivity contribution in [3.63, 3.8) is 0 Å². The van der Waals surface area contributed by atoms with Crippen LogP contribution in [0.25, 0.3) is 0 Å². The second-order valence-electron chi connectivity index (χ2n) is 3.14. The third-order valence-corrected chi connectivity index (χ3v) is 2.32. The molecule has 0 saturated carbocycles. The van der Waals surface area contributed by atoms with Crippen molar-refractivity contribution in [3.05, 3.63) is 29.3 Å². The summed E-state index contributed by atoms with van der Waals surface area (Å²) in [6.07, 6.45) is 0.628. The topological polar surface area (TPSA) is 21.8 Å². The predicted molar refractivity (Wildman–Crippen MR) is 51.3 cm³/mol. The number of benzene rings is 1. The average Bonchev–Trinajstić information content (AvgIpc) is 2.81. The van der Waals surface area contributed by atoms with Crippen molar-refractivity contribution < 1.29 is 9.47 Å². The summed E-state index contributed by atoms with van der Waals surface area (Å²) < 4.78 is 10.7. The van der Waals surface area contributed by atoms with Crippen LogP contribution < -0.4 is 4.74 Å². The molecule has 1 aliphatic heterocycles. The van der Waals surface area contributed by atoms with Crippen LogP contribution >= 0.6 is 11.6 Å². The molecule has 1 aliphatic rings. The fourth-order valence-electron chi connectivity index (χ4n) is 1.11. The number of halogens is 1. The number of hydrogen-bond donors (Lipinski definition) is 0. The number of epoxide rings is 1. The van der Waals surface area contributed by atoms with Gasteiger partial charge in [0.25, 0.3) is 0 Å². The zero-order chi connectivity index (χ0) is 9.26. The van der Waals surface area contributed by atoms with E-state index in [2.05, 4.69) is 0 Å². The summed E-state index contributed by atoms with van der Waals surface area (Å²) in [5, 5.41) is 0.725. The maximum atomic E-state index is 5.73. The highest BCUT2D eigenvalue weighted by Gasteiger charge is 2.34. The molecule has 1 heterocycles. The van der Waals surface area contributed by atoms with Gasteiger partial charge in [0, 0.05) is 5.02 Å². The standard InChI is InChI=1S/C10H11ClO2/c1-7-10(13-7)6-12-9-4-2-8(11)3-5-9/h2-5,7,10H,6H2,1H3. The van der Waals surface area contributed by atoms with Crippen molar-refractivity contribution in [2.24, 2.45) is 0 Å². The first-order valence-electron chi connectivity index (χ1n) is 4.29. The van der Waals surface area contributed by atoms with Crippen molar-refractivity contribution in [1.29, 1.82) is 0 Å². The normalized spacial score (nSPS) is 25.7. The number of rotatable bonds is 3. The van der Waals surface area contributed by atoms with E-state index in [0.717, 1.165) is 10.8 Å². The molecule has 0 aliphatic carbocycles. The third kappa shape index (κ3) is 2.36. The molecule has 2 nitrogen and oxygen atoms in total. The van der Waals surface area contributed by atoms with Gasteiger partial charge in [0.15, 0.2) is 0 Å². The molecule has 0 spiro atoms. The fraction of sp³-hybridized carbons (Fsp3) is 0.400. The lowest BCUT2D eigenvalue weighted by Gasteiger charge is -2.02. The Morgan fingerprint density at radius 1 is 1.38 bits per heavy atom. The van der Waals surface area contributed by atoms with E-state index < -0.39 is 0 Å². The lowest BCUT2D eigenvalue weighted by molar-refractivity contribution is 0.261. The van der Waals surface area contributed by atoms with Gasteiger partial charge in [-0.05, 0) is 31.2 Å². The Bertz CT molecular complexity index is 283. The zero-order valence-electron chi connectivity index (χ0n) is 7.37. The van der Waals surface area contributed by atoms with Crippen LogP contribution in [-0.4, -0.2) is 18.8 Å². The molecule has 1 aromatic rings. The van der Waals surface area contributed by atoms with Gasteiger partial charge in [-0.2, -0.15) is 0 Å². The minimum Gasteiger partial charge on any atom is -0.491 e. The van der Waals surface area contributed by atoms with Crippen LogP contribution in [0.1, 0.15) is 6.92 Å². The van der Waals surface area contributed by atoms with Crippen molar-refractivity contribution in [2.45, 2.75) is 19.1 Å². The average molecular weight is 199 g/mol. The molecule has 1 fully saturated rings. The van der Waals surface area contributed by atoms with E-state index in [1.54, 1.807) is 0 Å². The number of hydrogen-bond acceptors (Lipinski definition) is 2. The van der Waals surface area contributed by atoms with Gasteiger partial charge >= 0.3 is 0 Å². The van der Waals surface area contributed by atoms with Crippen molar-refractivity contribution in [1.82, 2.24) is 0 Å². The Morgan fingerprint density at radius 3 is 2.54 bits per heavy atom. The van der Waals surface area contributed by atoms with Crippen molar-refractivity contribution >= 4 is 11.6 Å². The summed E-state index contributed by atoms with van der Waals surface area (Å²) in [5.74, 6) is 0.840. The second-order valence-corrected chi connectivity index (χ2v) is 3.58. The molecule has 2 atom stereocenters.